The fourth-order valence-electron chi connectivity index (χ4n) is 3.57. The molecule has 2 aliphatic rings. The van der Waals surface area contributed by atoms with E-state index in [-0.39, 0.29) is 29.1 Å². The van der Waals surface area contributed by atoms with Crippen molar-refractivity contribution in [1.29, 1.82) is 0 Å². The van der Waals surface area contributed by atoms with Crippen LogP contribution in [0.1, 0.15) is 19.3 Å². The van der Waals surface area contributed by atoms with Crippen LogP contribution in [0.15, 0.2) is 23.1 Å². The van der Waals surface area contributed by atoms with Gasteiger partial charge >= 0.3 is 0 Å². The van der Waals surface area contributed by atoms with Crippen molar-refractivity contribution < 1.29 is 17.9 Å². The van der Waals surface area contributed by atoms with Crippen LogP contribution in [0.4, 0.5) is 5.13 Å². The standard InChI is InChI=1S/C19H25N3O4S2.ClH/c1-28(24,25)16-7-3-6-15-17(16)20-19(27-15)22(18(23)14-4-2-5-14)9-8-21-10-12-26-13-11-21;/h3,6-7,14H,2,4-5,8-13H2,1H3;1H. The summed E-state index contributed by atoms with van der Waals surface area (Å²) < 4.78 is 30.4. The summed E-state index contributed by atoms with van der Waals surface area (Å²) in [5, 5.41) is 0.594. The van der Waals surface area contributed by atoms with Crippen molar-refractivity contribution in [1.82, 2.24) is 9.88 Å². The highest BCUT2D eigenvalue weighted by Crippen LogP contribution is 2.35. The van der Waals surface area contributed by atoms with E-state index in [1.54, 1.807) is 17.0 Å². The quantitative estimate of drug-likeness (QED) is 0.660. The second-order valence-corrected chi connectivity index (χ2v) is 10.4. The largest absolute Gasteiger partial charge is 0.379 e. The Morgan fingerprint density at radius 3 is 2.66 bits per heavy atom. The Labute approximate surface area is 181 Å². The zero-order chi connectivity index (χ0) is 19.7. The van der Waals surface area contributed by atoms with Crippen molar-refractivity contribution in [3.8, 4) is 0 Å². The first-order chi connectivity index (χ1) is 13.4. The third kappa shape index (κ3) is 4.91. The van der Waals surface area contributed by atoms with Gasteiger partial charge in [-0.15, -0.1) is 12.4 Å². The fourth-order valence-corrected chi connectivity index (χ4v) is 5.49. The zero-order valence-electron chi connectivity index (χ0n) is 16.4. The number of carbonyl (C=O) groups excluding carboxylic acids is 1. The van der Waals surface area contributed by atoms with Gasteiger partial charge in [0.2, 0.25) is 5.91 Å². The summed E-state index contributed by atoms with van der Waals surface area (Å²) in [6.45, 7) is 4.48. The number of amides is 1. The first kappa shape index (κ1) is 22.4. The third-order valence-electron chi connectivity index (χ3n) is 5.47. The van der Waals surface area contributed by atoms with Gasteiger partial charge in [-0.2, -0.15) is 0 Å². The van der Waals surface area contributed by atoms with Gasteiger partial charge in [-0.05, 0) is 25.0 Å². The predicted octanol–water partition coefficient (Wildman–Crippen LogP) is 2.59. The Morgan fingerprint density at radius 2 is 2.03 bits per heavy atom. The maximum atomic E-state index is 13.1. The van der Waals surface area contributed by atoms with Crippen molar-refractivity contribution in [3.05, 3.63) is 18.2 Å². The van der Waals surface area contributed by atoms with E-state index < -0.39 is 9.84 Å². The van der Waals surface area contributed by atoms with Crippen molar-refractivity contribution >= 4 is 54.8 Å². The second kappa shape index (κ2) is 9.26. The number of benzene rings is 1. The van der Waals surface area contributed by atoms with Gasteiger partial charge in [-0.1, -0.05) is 23.8 Å². The topological polar surface area (TPSA) is 79.8 Å². The number of hydrogen-bond acceptors (Lipinski definition) is 7. The van der Waals surface area contributed by atoms with Gasteiger partial charge < -0.3 is 4.74 Å². The number of carbonyl (C=O) groups is 1. The number of thiazole rings is 1. The van der Waals surface area contributed by atoms with Crippen LogP contribution in [0.3, 0.4) is 0 Å². The molecule has 0 radical (unpaired) electrons. The van der Waals surface area contributed by atoms with Crippen LogP contribution >= 0.6 is 23.7 Å². The molecule has 1 aliphatic carbocycles. The molecular formula is C19H26ClN3O4S2. The first-order valence-corrected chi connectivity index (χ1v) is 12.4. The van der Waals surface area contributed by atoms with E-state index in [9.17, 15) is 13.2 Å². The number of rotatable bonds is 6. The van der Waals surface area contributed by atoms with E-state index in [1.165, 1.54) is 17.6 Å². The molecule has 29 heavy (non-hydrogen) atoms. The van der Waals surface area contributed by atoms with Crippen LogP contribution in [0.5, 0.6) is 0 Å². The number of aromatic nitrogens is 1. The van der Waals surface area contributed by atoms with E-state index in [0.717, 1.165) is 56.8 Å². The molecule has 0 spiro atoms. The molecule has 2 fully saturated rings. The van der Waals surface area contributed by atoms with Gasteiger partial charge in [-0.3, -0.25) is 14.6 Å². The molecule has 1 saturated carbocycles. The van der Waals surface area contributed by atoms with Crippen LogP contribution < -0.4 is 4.90 Å². The average molecular weight is 460 g/mol. The van der Waals surface area contributed by atoms with Crippen LogP contribution in [0, 0.1) is 5.92 Å². The van der Waals surface area contributed by atoms with Crippen LogP contribution in [-0.2, 0) is 19.4 Å². The third-order valence-corrected chi connectivity index (χ3v) is 7.64. The molecule has 10 heteroatoms. The molecule has 1 saturated heterocycles. The first-order valence-electron chi connectivity index (χ1n) is 9.64. The molecule has 1 aromatic heterocycles. The maximum absolute atomic E-state index is 13.1. The van der Waals surface area contributed by atoms with Gasteiger partial charge in [0.25, 0.3) is 0 Å². The van der Waals surface area contributed by atoms with Crippen molar-refractivity contribution in [2.24, 2.45) is 5.92 Å². The minimum Gasteiger partial charge on any atom is -0.379 e. The summed E-state index contributed by atoms with van der Waals surface area (Å²) in [5.74, 6) is 0.172. The lowest BCUT2D eigenvalue weighted by atomic mass is 9.84. The predicted molar refractivity (Wildman–Crippen MR) is 117 cm³/mol. The Bertz CT molecular complexity index is 969. The average Bonchev–Trinajstić information content (AvgIpc) is 3.04. The lowest BCUT2D eigenvalue weighted by Gasteiger charge is -2.33. The number of para-hydroxylation sites is 1. The number of nitrogens with zero attached hydrogens (tertiary/aromatic N) is 3. The minimum atomic E-state index is -3.38. The molecule has 1 aliphatic heterocycles. The SMILES string of the molecule is CS(=O)(=O)c1cccc2sc(N(CCN3CCOCC3)C(=O)C3CCC3)nc12.Cl. The highest BCUT2D eigenvalue weighted by atomic mass is 35.5. The Kier molecular flexibility index (Phi) is 7.16. The van der Waals surface area contributed by atoms with Crippen molar-refractivity contribution in [3.63, 3.8) is 0 Å². The number of sulfone groups is 1. The number of hydrogen-bond donors (Lipinski definition) is 0. The molecule has 4 rings (SSSR count). The van der Waals surface area contributed by atoms with E-state index in [1.807, 2.05) is 6.07 Å². The fraction of sp³-hybridized carbons (Fsp3) is 0.579. The summed E-state index contributed by atoms with van der Waals surface area (Å²) in [4.78, 5) is 22.0. The number of anilines is 1. The van der Waals surface area contributed by atoms with E-state index >= 15 is 0 Å². The highest BCUT2D eigenvalue weighted by Gasteiger charge is 2.32. The number of fused-ring (bicyclic) bond motifs is 1. The Balaban J connectivity index is 0.00000240. The van der Waals surface area contributed by atoms with Gasteiger partial charge in [-0.25, -0.2) is 13.4 Å². The summed E-state index contributed by atoms with van der Waals surface area (Å²) in [6, 6.07) is 5.17. The maximum Gasteiger partial charge on any atom is 0.231 e. The summed E-state index contributed by atoms with van der Waals surface area (Å²) in [5.41, 5.74) is 0.461. The molecule has 7 nitrogen and oxygen atoms in total. The van der Waals surface area contributed by atoms with Crippen molar-refractivity contribution in [2.45, 2.75) is 24.2 Å². The molecule has 0 N–H and O–H groups in total. The monoisotopic (exact) mass is 459 g/mol. The molecule has 0 bridgehead atoms. The summed E-state index contributed by atoms with van der Waals surface area (Å²) in [6.07, 6.45) is 4.13. The van der Waals surface area contributed by atoms with E-state index in [0.29, 0.717) is 17.2 Å². The Morgan fingerprint density at radius 1 is 1.31 bits per heavy atom. The molecule has 2 aromatic rings. The summed E-state index contributed by atoms with van der Waals surface area (Å²) in [7, 11) is -3.38. The van der Waals surface area contributed by atoms with Crippen molar-refractivity contribution in [2.75, 3.05) is 50.5 Å². The molecular weight excluding hydrogens is 434 g/mol. The van der Waals surface area contributed by atoms with Gasteiger partial charge in [0.05, 0.1) is 22.8 Å². The lowest BCUT2D eigenvalue weighted by molar-refractivity contribution is -0.124. The smallest absolute Gasteiger partial charge is 0.231 e. The Hall–Kier alpha value is -1.26. The minimum absolute atomic E-state index is 0. The van der Waals surface area contributed by atoms with E-state index in [2.05, 4.69) is 9.88 Å². The number of ether oxygens (including phenoxy) is 1. The molecule has 1 aromatic carbocycles. The second-order valence-electron chi connectivity index (χ2n) is 7.44. The summed E-state index contributed by atoms with van der Waals surface area (Å²) >= 11 is 1.39. The van der Waals surface area contributed by atoms with E-state index in [4.69, 9.17) is 4.74 Å². The van der Waals surface area contributed by atoms with Gasteiger partial charge in [0.1, 0.15) is 5.52 Å². The molecule has 0 unspecified atom stereocenters. The zero-order valence-corrected chi connectivity index (χ0v) is 18.8. The molecule has 2 heterocycles. The number of morpholine rings is 1. The van der Waals surface area contributed by atoms with Crippen LogP contribution in [-0.4, -0.2) is 69.9 Å². The molecule has 1 amide bonds. The van der Waals surface area contributed by atoms with Gasteiger partial charge in [0.15, 0.2) is 15.0 Å². The lowest BCUT2D eigenvalue weighted by Crippen LogP contribution is -2.45. The molecule has 0 atom stereocenters. The van der Waals surface area contributed by atoms with Gasteiger partial charge in [0, 0.05) is 38.4 Å². The highest BCUT2D eigenvalue weighted by molar-refractivity contribution is 7.91. The number of halogens is 1. The normalized spacial score (nSPS) is 18.2. The molecule has 160 valence electrons. The van der Waals surface area contributed by atoms with Crippen LogP contribution in [0.25, 0.3) is 10.2 Å². The van der Waals surface area contributed by atoms with Crippen LogP contribution in [0.2, 0.25) is 0 Å².